The highest BCUT2D eigenvalue weighted by atomic mass is 32.2. The predicted molar refractivity (Wildman–Crippen MR) is 109 cm³/mol. The monoisotopic (exact) mass is 435 g/mol. The molecule has 0 bridgehead atoms. The quantitative estimate of drug-likeness (QED) is 0.791. The van der Waals surface area contributed by atoms with E-state index in [1.807, 2.05) is 0 Å². The van der Waals surface area contributed by atoms with Crippen LogP contribution in [0, 0.1) is 0 Å². The minimum atomic E-state index is -4.07. The second-order valence-corrected chi connectivity index (χ2v) is 10.4. The summed E-state index contributed by atoms with van der Waals surface area (Å²) >= 11 is 0. The first-order valence-electron chi connectivity index (χ1n) is 9.22. The van der Waals surface area contributed by atoms with Crippen molar-refractivity contribution in [1.29, 1.82) is 0 Å². The number of anilines is 1. The molecule has 2 aromatic carbocycles. The van der Waals surface area contributed by atoms with E-state index in [0.29, 0.717) is 24.4 Å². The van der Waals surface area contributed by atoms with Gasteiger partial charge in [0.25, 0.3) is 10.0 Å². The van der Waals surface area contributed by atoms with Crippen molar-refractivity contribution in [2.24, 2.45) is 4.40 Å². The summed E-state index contributed by atoms with van der Waals surface area (Å²) in [6, 6.07) is 10.9. The Kier molecular flexibility index (Phi) is 5.09. The summed E-state index contributed by atoms with van der Waals surface area (Å²) in [5.41, 5.74) is 0.832. The maximum Gasteiger partial charge on any atom is 0.286 e. The fourth-order valence-corrected chi connectivity index (χ4v) is 6.23. The van der Waals surface area contributed by atoms with Gasteiger partial charge in [0.05, 0.1) is 17.7 Å². The Morgan fingerprint density at radius 1 is 1.07 bits per heavy atom. The SMILES string of the molecule is COc1cccc(C2=NS(=O)(=O)c3cc(S(=O)(=O)N4CCCCC4)ccc3N2)c1. The van der Waals surface area contributed by atoms with Crippen LogP contribution in [0.15, 0.2) is 56.7 Å². The second kappa shape index (κ2) is 7.43. The number of methoxy groups -OCH3 is 1. The molecule has 0 unspecified atom stereocenters. The van der Waals surface area contributed by atoms with Crippen molar-refractivity contribution in [3.8, 4) is 5.75 Å². The van der Waals surface area contributed by atoms with Crippen LogP contribution in [0.25, 0.3) is 0 Å². The molecule has 29 heavy (non-hydrogen) atoms. The van der Waals surface area contributed by atoms with Gasteiger partial charge in [-0.05, 0) is 43.2 Å². The van der Waals surface area contributed by atoms with Gasteiger partial charge < -0.3 is 10.1 Å². The van der Waals surface area contributed by atoms with E-state index < -0.39 is 20.0 Å². The maximum absolute atomic E-state index is 12.9. The highest BCUT2D eigenvalue weighted by molar-refractivity contribution is 7.91. The number of fused-ring (bicyclic) bond motifs is 1. The third kappa shape index (κ3) is 3.75. The number of amidine groups is 1. The zero-order chi connectivity index (χ0) is 20.6. The molecule has 2 aliphatic rings. The number of ether oxygens (including phenoxy) is 1. The molecule has 1 N–H and O–H groups in total. The Morgan fingerprint density at radius 3 is 2.55 bits per heavy atom. The van der Waals surface area contributed by atoms with E-state index in [4.69, 9.17) is 4.74 Å². The summed E-state index contributed by atoms with van der Waals surface area (Å²) in [7, 11) is -6.30. The molecule has 0 aliphatic carbocycles. The topological polar surface area (TPSA) is 105 Å². The molecule has 1 saturated heterocycles. The van der Waals surface area contributed by atoms with Crippen LogP contribution in [0.5, 0.6) is 5.75 Å². The van der Waals surface area contributed by atoms with Crippen molar-refractivity contribution < 1.29 is 21.6 Å². The van der Waals surface area contributed by atoms with E-state index in [1.54, 1.807) is 24.3 Å². The lowest BCUT2D eigenvalue weighted by atomic mass is 10.2. The number of rotatable bonds is 4. The van der Waals surface area contributed by atoms with Gasteiger partial charge in [0.15, 0.2) is 5.84 Å². The largest absolute Gasteiger partial charge is 0.497 e. The number of nitrogens with zero attached hydrogens (tertiary/aromatic N) is 2. The molecule has 0 spiro atoms. The van der Waals surface area contributed by atoms with Crippen LogP contribution in [0.3, 0.4) is 0 Å². The van der Waals surface area contributed by atoms with E-state index in [9.17, 15) is 16.8 Å². The number of hydrogen-bond donors (Lipinski definition) is 1. The van der Waals surface area contributed by atoms with Crippen LogP contribution in [-0.2, 0) is 20.0 Å². The Hall–Kier alpha value is -2.43. The van der Waals surface area contributed by atoms with Crippen LogP contribution in [0.2, 0.25) is 0 Å². The van der Waals surface area contributed by atoms with Crippen LogP contribution >= 0.6 is 0 Å². The number of piperidine rings is 1. The number of nitrogens with one attached hydrogen (secondary N) is 1. The van der Waals surface area contributed by atoms with Crippen molar-refractivity contribution in [2.75, 3.05) is 25.5 Å². The van der Waals surface area contributed by atoms with Gasteiger partial charge in [-0.2, -0.15) is 12.7 Å². The summed E-state index contributed by atoms with van der Waals surface area (Å²) in [6.07, 6.45) is 2.60. The lowest BCUT2D eigenvalue weighted by molar-refractivity contribution is 0.346. The number of benzene rings is 2. The summed E-state index contributed by atoms with van der Waals surface area (Å²) in [4.78, 5) is -0.189. The average molecular weight is 436 g/mol. The van der Waals surface area contributed by atoms with Crippen LogP contribution < -0.4 is 10.1 Å². The molecular weight excluding hydrogens is 414 g/mol. The molecule has 2 aliphatic heterocycles. The fourth-order valence-electron chi connectivity index (χ4n) is 3.45. The molecule has 0 radical (unpaired) electrons. The first-order chi connectivity index (χ1) is 13.8. The number of hydrogen-bond acceptors (Lipinski definition) is 6. The fraction of sp³-hybridized carbons (Fsp3) is 0.316. The molecule has 2 heterocycles. The van der Waals surface area contributed by atoms with Gasteiger partial charge in [0, 0.05) is 18.7 Å². The van der Waals surface area contributed by atoms with Gasteiger partial charge in [0.1, 0.15) is 10.6 Å². The molecule has 8 nitrogen and oxygen atoms in total. The van der Waals surface area contributed by atoms with Crippen LogP contribution in [0.1, 0.15) is 24.8 Å². The second-order valence-electron chi connectivity index (χ2n) is 6.89. The van der Waals surface area contributed by atoms with Crippen molar-refractivity contribution in [3.05, 3.63) is 48.0 Å². The maximum atomic E-state index is 12.9. The normalized spacial score (nSPS) is 19.0. The van der Waals surface area contributed by atoms with Crippen LogP contribution in [-0.4, -0.2) is 47.2 Å². The van der Waals surface area contributed by atoms with Gasteiger partial charge in [-0.1, -0.05) is 18.6 Å². The van der Waals surface area contributed by atoms with Gasteiger partial charge in [-0.3, -0.25) is 0 Å². The minimum Gasteiger partial charge on any atom is -0.497 e. The van der Waals surface area contributed by atoms with Crippen molar-refractivity contribution in [2.45, 2.75) is 29.1 Å². The molecule has 1 fully saturated rings. The Morgan fingerprint density at radius 2 is 1.83 bits per heavy atom. The third-order valence-electron chi connectivity index (χ3n) is 4.99. The predicted octanol–water partition coefficient (Wildman–Crippen LogP) is 2.43. The van der Waals surface area contributed by atoms with Gasteiger partial charge in [0.2, 0.25) is 10.0 Å². The highest BCUT2D eigenvalue weighted by Crippen LogP contribution is 2.32. The minimum absolute atomic E-state index is 0.0384. The molecular formula is C19H21N3O5S2. The lowest BCUT2D eigenvalue weighted by Gasteiger charge is -2.26. The summed E-state index contributed by atoms with van der Waals surface area (Å²) in [5, 5.41) is 2.99. The third-order valence-corrected chi connectivity index (χ3v) is 8.20. The van der Waals surface area contributed by atoms with E-state index in [1.165, 1.54) is 29.6 Å². The van der Waals surface area contributed by atoms with Crippen molar-refractivity contribution >= 4 is 31.6 Å². The van der Waals surface area contributed by atoms with Gasteiger partial charge in [-0.25, -0.2) is 8.42 Å². The Balaban J connectivity index is 1.72. The zero-order valence-electron chi connectivity index (χ0n) is 15.8. The van der Waals surface area contributed by atoms with Gasteiger partial charge in [-0.15, -0.1) is 4.40 Å². The first-order valence-corrected chi connectivity index (χ1v) is 12.1. The molecule has 4 rings (SSSR count). The van der Waals surface area contributed by atoms with E-state index in [2.05, 4.69) is 9.71 Å². The van der Waals surface area contributed by atoms with E-state index in [-0.39, 0.29) is 21.3 Å². The van der Waals surface area contributed by atoms with E-state index >= 15 is 0 Å². The molecule has 0 atom stereocenters. The first kappa shape index (κ1) is 19.9. The average Bonchev–Trinajstić information content (AvgIpc) is 2.73. The van der Waals surface area contributed by atoms with E-state index in [0.717, 1.165) is 19.3 Å². The Bertz CT molecular complexity index is 1180. The smallest absolute Gasteiger partial charge is 0.286 e. The standard InChI is InChI=1S/C19H21N3O5S2/c1-27-15-7-5-6-14(12-15)19-20-17-9-8-16(13-18(17)28(23,24)21-19)29(25,26)22-10-3-2-4-11-22/h5-9,12-13H,2-4,10-11H2,1H3,(H,20,21). The number of sulfonamides is 2. The summed E-state index contributed by atoms with van der Waals surface area (Å²) in [5.74, 6) is 0.723. The summed E-state index contributed by atoms with van der Waals surface area (Å²) < 4.78 is 61.8. The van der Waals surface area contributed by atoms with Crippen molar-refractivity contribution in [3.63, 3.8) is 0 Å². The molecule has 2 aromatic rings. The molecule has 0 amide bonds. The van der Waals surface area contributed by atoms with Crippen molar-refractivity contribution in [1.82, 2.24) is 4.31 Å². The highest BCUT2D eigenvalue weighted by Gasteiger charge is 2.31. The molecule has 0 saturated carbocycles. The zero-order valence-corrected chi connectivity index (χ0v) is 17.5. The summed E-state index contributed by atoms with van der Waals surface area (Å²) in [6.45, 7) is 0.894. The molecule has 0 aromatic heterocycles. The van der Waals surface area contributed by atoms with Gasteiger partial charge >= 0.3 is 0 Å². The van der Waals surface area contributed by atoms with Crippen LogP contribution in [0.4, 0.5) is 5.69 Å². The Labute approximate surface area is 170 Å². The molecule has 154 valence electrons. The molecule has 10 heteroatoms. The lowest BCUT2D eigenvalue weighted by Crippen LogP contribution is -2.35.